The minimum absolute atomic E-state index is 0.0139. The molecular formula is C22H23N5O4. The predicted molar refractivity (Wildman–Crippen MR) is 115 cm³/mol. The van der Waals surface area contributed by atoms with Gasteiger partial charge < -0.3 is 25.0 Å². The number of phenolic OH excluding ortho intramolecular Hbond substituents is 1. The zero-order chi connectivity index (χ0) is 22.0. The van der Waals surface area contributed by atoms with Crippen LogP contribution in [0.1, 0.15) is 15.9 Å². The molecule has 4 rings (SSSR count). The number of aromatic hydroxyl groups is 2. The molecule has 0 unspecified atom stereocenters. The van der Waals surface area contributed by atoms with Gasteiger partial charge in [-0.25, -0.2) is 0 Å². The van der Waals surface area contributed by atoms with E-state index in [9.17, 15) is 19.8 Å². The largest absolute Gasteiger partial charge is 0.508 e. The van der Waals surface area contributed by atoms with Gasteiger partial charge in [0.2, 0.25) is 5.88 Å². The summed E-state index contributed by atoms with van der Waals surface area (Å²) in [5.41, 5.74) is 1.88. The van der Waals surface area contributed by atoms with E-state index in [-0.39, 0.29) is 29.6 Å². The molecular weight excluding hydrogens is 398 g/mol. The Labute approximate surface area is 178 Å². The molecule has 160 valence electrons. The predicted octanol–water partition coefficient (Wildman–Crippen LogP) is 2.82. The van der Waals surface area contributed by atoms with E-state index >= 15 is 0 Å². The van der Waals surface area contributed by atoms with Crippen molar-refractivity contribution in [1.82, 2.24) is 14.8 Å². The summed E-state index contributed by atoms with van der Waals surface area (Å²) in [5.74, 6) is -0.685. The van der Waals surface area contributed by atoms with Crippen molar-refractivity contribution in [2.75, 3.05) is 33.2 Å². The third-order valence-corrected chi connectivity index (χ3v) is 5.34. The summed E-state index contributed by atoms with van der Waals surface area (Å²) >= 11 is 0. The molecule has 3 aromatic rings. The average Bonchev–Trinajstić information content (AvgIpc) is 3.08. The molecule has 9 nitrogen and oxygen atoms in total. The summed E-state index contributed by atoms with van der Waals surface area (Å²) in [6.45, 7) is 2.96. The minimum Gasteiger partial charge on any atom is -0.508 e. The summed E-state index contributed by atoms with van der Waals surface area (Å²) in [6, 6.07) is 11.3. The van der Waals surface area contributed by atoms with Crippen LogP contribution in [0.15, 0.2) is 52.7 Å². The number of likely N-dealkylation sites (N-methyl/N-ethyl adjacent to an activating group) is 1. The maximum absolute atomic E-state index is 12.9. The lowest BCUT2D eigenvalue weighted by atomic mass is 10.1. The Morgan fingerprint density at radius 2 is 1.74 bits per heavy atom. The van der Waals surface area contributed by atoms with Crippen molar-refractivity contribution in [2.24, 2.45) is 10.2 Å². The average molecular weight is 421 g/mol. The lowest BCUT2D eigenvalue weighted by Gasteiger charge is -2.32. The number of benzene rings is 2. The van der Waals surface area contributed by atoms with Crippen molar-refractivity contribution in [3.05, 3.63) is 53.6 Å². The number of rotatable bonds is 4. The van der Waals surface area contributed by atoms with E-state index in [0.29, 0.717) is 35.1 Å². The number of aromatic amines is 1. The van der Waals surface area contributed by atoms with Crippen molar-refractivity contribution in [2.45, 2.75) is 6.42 Å². The van der Waals surface area contributed by atoms with Crippen LogP contribution < -0.4 is 0 Å². The molecule has 3 N–H and O–H groups in total. The summed E-state index contributed by atoms with van der Waals surface area (Å²) in [7, 11) is 2.02. The summed E-state index contributed by atoms with van der Waals surface area (Å²) in [6.07, 6.45) is 0.0139. The highest BCUT2D eigenvalue weighted by molar-refractivity contribution is 6.02. The zero-order valence-corrected chi connectivity index (χ0v) is 17.1. The number of carbonyl (C=O) groups is 2. The number of hydrogen-bond donors (Lipinski definition) is 3. The number of nitrogens with one attached hydrogen (secondary N) is 1. The van der Waals surface area contributed by atoms with Crippen LogP contribution in [0.5, 0.6) is 11.6 Å². The van der Waals surface area contributed by atoms with Crippen molar-refractivity contribution in [1.29, 1.82) is 0 Å². The van der Waals surface area contributed by atoms with E-state index in [1.165, 1.54) is 12.1 Å². The Balaban J connectivity index is 1.54. The molecule has 2 heterocycles. The molecule has 0 aliphatic carbocycles. The fourth-order valence-corrected chi connectivity index (χ4v) is 3.52. The molecule has 1 aliphatic heterocycles. The first-order valence-corrected chi connectivity index (χ1v) is 9.95. The molecule has 31 heavy (non-hydrogen) atoms. The quantitative estimate of drug-likeness (QED) is 0.559. The number of piperazine rings is 1. The number of phenols is 1. The molecule has 9 heteroatoms. The highest BCUT2D eigenvalue weighted by atomic mass is 16.3. The van der Waals surface area contributed by atoms with E-state index in [0.717, 1.165) is 13.1 Å². The van der Waals surface area contributed by atoms with Gasteiger partial charge in [-0.15, -0.1) is 10.2 Å². The topological polar surface area (TPSA) is 122 Å². The summed E-state index contributed by atoms with van der Waals surface area (Å²) < 4.78 is 0. The first-order chi connectivity index (χ1) is 14.9. The molecule has 2 amide bonds. The zero-order valence-electron chi connectivity index (χ0n) is 17.1. The maximum atomic E-state index is 12.9. The summed E-state index contributed by atoms with van der Waals surface area (Å²) in [5, 5.41) is 27.7. The van der Waals surface area contributed by atoms with Crippen molar-refractivity contribution < 1.29 is 19.8 Å². The molecule has 0 bridgehead atoms. The second-order valence-corrected chi connectivity index (χ2v) is 7.62. The van der Waals surface area contributed by atoms with Gasteiger partial charge in [0.1, 0.15) is 5.75 Å². The molecule has 0 saturated carbocycles. The number of H-pyrrole nitrogens is 1. The van der Waals surface area contributed by atoms with Crippen LogP contribution >= 0.6 is 0 Å². The molecule has 2 aromatic carbocycles. The first-order valence-electron chi connectivity index (χ1n) is 9.95. The number of azo groups is 1. The molecule has 1 fully saturated rings. The Morgan fingerprint density at radius 1 is 1.03 bits per heavy atom. The van der Waals surface area contributed by atoms with Crippen LogP contribution in [-0.2, 0) is 11.2 Å². The van der Waals surface area contributed by atoms with Gasteiger partial charge >= 0.3 is 0 Å². The first kappa shape index (κ1) is 20.5. The van der Waals surface area contributed by atoms with Crippen LogP contribution in [0.2, 0.25) is 0 Å². The van der Waals surface area contributed by atoms with Gasteiger partial charge in [0.25, 0.3) is 11.8 Å². The molecule has 1 aliphatic rings. The van der Waals surface area contributed by atoms with E-state index < -0.39 is 5.91 Å². The third-order valence-electron chi connectivity index (χ3n) is 5.34. The van der Waals surface area contributed by atoms with E-state index in [1.54, 1.807) is 35.2 Å². The Bertz CT molecular complexity index is 1140. The van der Waals surface area contributed by atoms with Gasteiger partial charge in [-0.1, -0.05) is 12.1 Å². The smallest absolute Gasteiger partial charge is 0.269 e. The van der Waals surface area contributed by atoms with Crippen molar-refractivity contribution in [3.63, 3.8) is 0 Å². The number of hydrogen-bond acceptors (Lipinski definition) is 6. The van der Waals surface area contributed by atoms with Crippen LogP contribution in [-0.4, -0.2) is 70.0 Å². The normalized spacial score (nSPS) is 15.1. The Hall–Kier alpha value is -3.72. The van der Waals surface area contributed by atoms with Gasteiger partial charge in [0.15, 0.2) is 5.69 Å². The Morgan fingerprint density at radius 3 is 2.45 bits per heavy atom. The molecule has 0 spiro atoms. The van der Waals surface area contributed by atoms with Crippen LogP contribution in [0.3, 0.4) is 0 Å². The highest BCUT2D eigenvalue weighted by Crippen LogP contribution is 2.36. The van der Waals surface area contributed by atoms with Gasteiger partial charge in [-0.2, -0.15) is 0 Å². The molecule has 0 atom stereocenters. The van der Waals surface area contributed by atoms with Crippen LogP contribution in [0, 0.1) is 0 Å². The van der Waals surface area contributed by atoms with Gasteiger partial charge in [-0.3, -0.25) is 9.59 Å². The molecule has 0 radical (unpaired) electrons. The minimum atomic E-state index is -0.496. The number of fused-ring (bicyclic) bond motifs is 1. The highest BCUT2D eigenvalue weighted by Gasteiger charge is 2.21. The third kappa shape index (κ3) is 4.56. The fourth-order valence-electron chi connectivity index (χ4n) is 3.52. The summed E-state index contributed by atoms with van der Waals surface area (Å²) in [4.78, 5) is 31.8. The van der Waals surface area contributed by atoms with E-state index in [4.69, 9.17) is 0 Å². The standard InChI is InChI=1S/C22H23N5O4/c1-26-8-10-27(11-9-26)22(31)15-4-7-18-17(13-15)20(21(30)23-18)25-24-19(29)12-14-2-5-16(28)6-3-14/h2-7,13,23,28,30H,8-12H2,1H3. The Kier molecular flexibility index (Phi) is 5.68. The maximum Gasteiger partial charge on any atom is 0.269 e. The fraction of sp³-hybridized carbons (Fsp3) is 0.273. The second kappa shape index (κ2) is 8.57. The van der Waals surface area contributed by atoms with Crippen LogP contribution in [0.4, 0.5) is 5.69 Å². The van der Waals surface area contributed by atoms with E-state index in [2.05, 4.69) is 20.1 Å². The number of carbonyl (C=O) groups excluding carboxylic acids is 2. The number of nitrogens with zero attached hydrogens (tertiary/aromatic N) is 4. The van der Waals surface area contributed by atoms with Gasteiger partial charge in [0.05, 0.1) is 11.9 Å². The van der Waals surface area contributed by atoms with Gasteiger partial charge in [0, 0.05) is 37.1 Å². The monoisotopic (exact) mass is 421 g/mol. The van der Waals surface area contributed by atoms with Gasteiger partial charge in [-0.05, 0) is 42.9 Å². The lowest BCUT2D eigenvalue weighted by molar-refractivity contribution is -0.117. The lowest BCUT2D eigenvalue weighted by Crippen LogP contribution is -2.47. The number of aromatic nitrogens is 1. The van der Waals surface area contributed by atoms with Crippen molar-refractivity contribution >= 4 is 28.4 Å². The van der Waals surface area contributed by atoms with Crippen molar-refractivity contribution in [3.8, 4) is 11.6 Å². The molecule has 1 saturated heterocycles. The SMILES string of the molecule is CN1CCN(C(=O)c2ccc3[nH]c(O)c(N=NC(=O)Cc4ccc(O)cc4)c3c2)CC1. The molecule has 1 aromatic heterocycles. The second-order valence-electron chi connectivity index (χ2n) is 7.62. The van der Waals surface area contributed by atoms with Crippen LogP contribution in [0.25, 0.3) is 10.9 Å². The van der Waals surface area contributed by atoms with E-state index in [1.807, 2.05) is 7.05 Å². The number of amides is 2.